The highest BCUT2D eigenvalue weighted by Gasteiger charge is 2.48. The Hall–Kier alpha value is -0.330. The van der Waals surface area contributed by atoms with E-state index >= 15 is 0 Å². The summed E-state index contributed by atoms with van der Waals surface area (Å²) in [5.74, 6) is -4.24. The Bertz CT molecular complexity index is 333. The van der Waals surface area contributed by atoms with Crippen molar-refractivity contribution < 1.29 is 17.6 Å². The molecule has 15 heavy (non-hydrogen) atoms. The highest BCUT2D eigenvalue weighted by atomic mass is 35.5. The van der Waals surface area contributed by atoms with Crippen LogP contribution in [0.3, 0.4) is 0 Å². The summed E-state index contributed by atoms with van der Waals surface area (Å²) in [5.41, 5.74) is 5.63. The molecule has 0 radical (unpaired) electrons. The quantitative estimate of drug-likeness (QED) is 0.827. The molecule has 1 aromatic rings. The molecule has 0 aromatic carbocycles. The smallest absolute Gasteiger partial charge is 0.318 e. The van der Waals surface area contributed by atoms with Gasteiger partial charge in [0.1, 0.15) is 6.04 Å². The van der Waals surface area contributed by atoms with Crippen LogP contribution in [0.2, 0.25) is 4.34 Å². The molecule has 2 N–H and O–H groups in total. The fourth-order valence-corrected chi connectivity index (χ4v) is 2.23. The normalized spacial score (nSPS) is 14.7. The lowest BCUT2D eigenvalue weighted by atomic mass is 10.1. The first-order chi connectivity index (χ1) is 6.76. The fourth-order valence-electron chi connectivity index (χ4n) is 0.962. The zero-order chi connectivity index (χ0) is 11.8. The summed E-state index contributed by atoms with van der Waals surface area (Å²) in [6, 6.07) is -0.720. The van der Waals surface area contributed by atoms with Gasteiger partial charge in [-0.25, -0.2) is 8.78 Å². The van der Waals surface area contributed by atoms with E-state index in [1.807, 2.05) is 0 Å². The monoisotopic (exact) mass is 261 g/mol. The first-order valence-electron chi connectivity index (χ1n) is 3.94. The molecule has 1 atom stereocenters. The van der Waals surface area contributed by atoms with Gasteiger partial charge in [-0.1, -0.05) is 11.6 Å². The molecule has 0 aliphatic heterocycles. The van der Waals surface area contributed by atoms with E-state index in [4.69, 9.17) is 17.3 Å². The van der Waals surface area contributed by atoms with E-state index in [9.17, 15) is 17.6 Å². The van der Waals surface area contributed by atoms with Gasteiger partial charge in [-0.3, -0.25) is 0 Å². The molecule has 0 fully saturated rings. The zero-order valence-electron chi connectivity index (χ0n) is 7.61. The second-order valence-electron chi connectivity index (χ2n) is 3.06. The SMILES string of the molecule is Cc1cc(C(N)C(F)(F)C(F)F)sc1Cl. The first kappa shape index (κ1) is 12.7. The molecule has 1 heterocycles. The highest BCUT2D eigenvalue weighted by Crippen LogP contribution is 2.39. The average molecular weight is 262 g/mol. The molecule has 0 spiro atoms. The van der Waals surface area contributed by atoms with E-state index in [1.165, 1.54) is 6.07 Å². The lowest BCUT2D eigenvalue weighted by Crippen LogP contribution is -2.38. The van der Waals surface area contributed by atoms with Crippen LogP contribution in [0.5, 0.6) is 0 Å². The Kier molecular flexibility index (Phi) is 3.63. The molecule has 1 rings (SSSR count). The number of halogens is 5. The van der Waals surface area contributed by atoms with Crippen LogP contribution in [0.4, 0.5) is 17.6 Å². The summed E-state index contributed by atoms with van der Waals surface area (Å²) in [6.45, 7) is 1.59. The van der Waals surface area contributed by atoms with E-state index in [2.05, 4.69) is 0 Å². The largest absolute Gasteiger partial charge is 0.327 e. The molecule has 0 aliphatic carbocycles. The van der Waals surface area contributed by atoms with Crippen molar-refractivity contribution in [1.29, 1.82) is 0 Å². The van der Waals surface area contributed by atoms with Crippen LogP contribution in [-0.2, 0) is 0 Å². The summed E-state index contributed by atoms with van der Waals surface area (Å²) in [6.07, 6.45) is -3.78. The number of nitrogens with two attached hydrogens (primary N) is 1. The Labute approximate surface area is 92.8 Å². The molecule has 1 aromatic heterocycles. The minimum absolute atomic E-state index is 0.0391. The summed E-state index contributed by atoms with van der Waals surface area (Å²) in [7, 11) is 0. The maximum atomic E-state index is 12.9. The van der Waals surface area contributed by atoms with Crippen molar-refractivity contribution in [3.05, 3.63) is 20.8 Å². The number of rotatable bonds is 3. The van der Waals surface area contributed by atoms with Crippen LogP contribution < -0.4 is 5.73 Å². The third-order valence-corrected chi connectivity index (χ3v) is 3.53. The fraction of sp³-hybridized carbons (Fsp3) is 0.500. The third-order valence-electron chi connectivity index (χ3n) is 1.89. The van der Waals surface area contributed by atoms with E-state index in [1.54, 1.807) is 6.92 Å². The van der Waals surface area contributed by atoms with Gasteiger partial charge in [0.25, 0.3) is 0 Å². The number of hydrogen-bond donors (Lipinski definition) is 1. The minimum Gasteiger partial charge on any atom is -0.318 e. The predicted octanol–water partition coefficient (Wildman–Crippen LogP) is 3.61. The third kappa shape index (κ3) is 2.43. The lowest BCUT2D eigenvalue weighted by Gasteiger charge is -2.21. The Morgan fingerprint density at radius 1 is 1.47 bits per heavy atom. The zero-order valence-corrected chi connectivity index (χ0v) is 9.18. The predicted molar refractivity (Wildman–Crippen MR) is 51.9 cm³/mol. The van der Waals surface area contributed by atoms with Crippen LogP contribution in [0.1, 0.15) is 16.5 Å². The topological polar surface area (TPSA) is 26.0 Å². The summed E-state index contributed by atoms with van der Waals surface area (Å²) in [4.78, 5) is -0.0391. The van der Waals surface area contributed by atoms with Crippen LogP contribution in [-0.4, -0.2) is 12.3 Å². The summed E-state index contributed by atoms with van der Waals surface area (Å²) in [5, 5.41) is 0. The van der Waals surface area contributed by atoms with Gasteiger partial charge in [0.05, 0.1) is 4.34 Å². The van der Waals surface area contributed by atoms with Gasteiger partial charge >= 0.3 is 12.3 Å². The second kappa shape index (κ2) is 4.27. The first-order valence-corrected chi connectivity index (χ1v) is 5.13. The standard InChI is InChI=1S/C8H8ClF4NS/c1-3-2-4(15-6(3)9)5(14)8(12,13)7(10)11/h2,5,7H,14H2,1H3. The maximum absolute atomic E-state index is 12.9. The van der Waals surface area contributed by atoms with Gasteiger partial charge in [-0.15, -0.1) is 11.3 Å². The van der Waals surface area contributed by atoms with Crippen LogP contribution in [0.25, 0.3) is 0 Å². The van der Waals surface area contributed by atoms with E-state index < -0.39 is 18.4 Å². The number of alkyl halides is 4. The molecule has 0 amide bonds. The average Bonchev–Trinajstić information content (AvgIpc) is 2.45. The number of hydrogen-bond acceptors (Lipinski definition) is 2. The van der Waals surface area contributed by atoms with E-state index in [0.717, 1.165) is 11.3 Å². The van der Waals surface area contributed by atoms with Crippen molar-refractivity contribution in [3.63, 3.8) is 0 Å². The van der Waals surface area contributed by atoms with Gasteiger partial charge in [0.2, 0.25) is 0 Å². The molecule has 1 nitrogen and oxygen atoms in total. The summed E-state index contributed by atoms with van der Waals surface area (Å²) >= 11 is 6.43. The van der Waals surface area contributed by atoms with Gasteiger partial charge in [-0.2, -0.15) is 8.78 Å². The minimum atomic E-state index is -4.24. The summed E-state index contributed by atoms with van der Waals surface area (Å²) < 4.78 is 50.0. The van der Waals surface area contributed by atoms with Crippen molar-refractivity contribution >= 4 is 22.9 Å². The van der Waals surface area contributed by atoms with Crippen molar-refractivity contribution in [2.24, 2.45) is 5.73 Å². The molecule has 0 bridgehead atoms. The van der Waals surface area contributed by atoms with Crippen LogP contribution >= 0.6 is 22.9 Å². The highest BCUT2D eigenvalue weighted by molar-refractivity contribution is 7.16. The van der Waals surface area contributed by atoms with Crippen molar-refractivity contribution in [3.8, 4) is 0 Å². The van der Waals surface area contributed by atoms with Crippen LogP contribution in [0, 0.1) is 6.92 Å². The van der Waals surface area contributed by atoms with E-state index in [-0.39, 0.29) is 9.21 Å². The van der Waals surface area contributed by atoms with Gasteiger partial charge in [0.15, 0.2) is 0 Å². The maximum Gasteiger partial charge on any atom is 0.327 e. The molecule has 0 saturated heterocycles. The van der Waals surface area contributed by atoms with Crippen molar-refractivity contribution in [1.82, 2.24) is 0 Å². The molecular formula is C8H8ClF4NS. The number of thiophene rings is 1. The molecule has 0 saturated carbocycles. The Morgan fingerprint density at radius 2 is 2.00 bits per heavy atom. The van der Waals surface area contributed by atoms with Gasteiger partial charge in [0, 0.05) is 4.88 Å². The molecule has 7 heteroatoms. The molecule has 86 valence electrons. The Balaban J connectivity index is 2.99. The number of aryl methyl sites for hydroxylation is 1. The van der Waals surface area contributed by atoms with Crippen molar-refractivity contribution in [2.75, 3.05) is 0 Å². The molecular weight excluding hydrogens is 254 g/mol. The van der Waals surface area contributed by atoms with Crippen LogP contribution in [0.15, 0.2) is 6.07 Å². The molecule has 1 unspecified atom stereocenters. The van der Waals surface area contributed by atoms with Crippen molar-refractivity contribution in [2.45, 2.75) is 25.3 Å². The van der Waals surface area contributed by atoms with E-state index in [0.29, 0.717) is 5.56 Å². The lowest BCUT2D eigenvalue weighted by molar-refractivity contribution is -0.143. The second-order valence-corrected chi connectivity index (χ2v) is 4.74. The van der Waals surface area contributed by atoms with Gasteiger partial charge in [-0.05, 0) is 18.6 Å². The van der Waals surface area contributed by atoms with Gasteiger partial charge < -0.3 is 5.73 Å². The Morgan fingerprint density at radius 3 is 2.33 bits per heavy atom. The molecule has 0 aliphatic rings.